The van der Waals surface area contributed by atoms with Crippen molar-refractivity contribution >= 4 is 45.1 Å². The Labute approximate surface area is 124 Å². The summed E-state index contributed by atoms with van der Waals surface area (Å²) in [5.41, 5.74) is 3.36. The van der Waals surface area contributed by atoms with Gasteiger partial charge in [0.1, 0.15) is 0 Å². The summed E-state index contributed by atoms with van der Waals surface area (Å²) in [5.74, 6) is 0. The summed E-state index contributed by atoms with van der Waals surface area (Å²) in [6.07, 6.45) is 1.90. The van der Waals surface area contributed by atoms with Crippen molar-refractivity contribution in [2.24, 2.45) is 0 Å². The summed E-state index contributed by atoms with van der Waals surface area (Å²) < 4.78 is 1.13. The van der Waals surface area contributed by atoms with Gasteiger partial charge in [-0.2, -0.15) is 0 Å². The standard InChI is InChI=1S/C15H9ClIN/c16-11-6-7-14-12(8-11)15(13(17)9-18-14)10-4-2-1-3-5-10/h1-9H. The Hall–Kier alpha value is -1.13. The minimum absolute atomic E-state index is 0.739. The first-order chi connectivity index (χ1) is 8.75. The van der Waals surface area contributed by atoms with Crippen LogP contribution in [0.1, 0.15) is 0 Å². The average molecular weight is 366 g/mol. The Morgan fingerprint density at radius 3 is 2.56 bits per heavy atom. The van der Waals surface area contributed by atoms with Crippen LogP contribution < -0.4 is 0 Å². The molecule has 1 aromatic heterocycles. The highest BCUT2D eigenvalue weighted by Gasteiger charge is 2.09. The Morgan fingerprint density at radius 2 is 1.78 bits per heavy atom. The molecule has 1 nitrogen and oxygen atoms in total. The van der Waals surface area contributed by atoms with Crippen LogP contribution in [0.5, 0.6) is 0 Å². The van der Waals surface area contributed by atoms with Crippen molar-refractivity contribution in [2.45, 2.75) is 0 Å². The number of hydrogen-bond donors (Lipinski definition) is 0. The molecule has 0 radical (unpaired) electrons. The van der Waals surface area contributed by atoms with Gasteiger partial charge in [-0.3, -0.25) is 4.98 Å². The molecular weight excluding hydrogens is 357 g/mol. The number of pyridine rings is 1. The van der Waals surface area contributed by atoms with Crippen LogP contribution >= 0.6 is 34.2 Å². The zero-order valence-electron chi connectivity index (χ0n) is 9.40. The maximum absolute atomic E-state index is 6.10. The zero-order chi connectivity index (χ0) is 12.5. The summed E-state index contributed by atoms with van der Waals surface area (Å²) in [4.78, 5) is 4.44. The fourth-order valence-electron chi connectivity index (χ4n) is 2.04. The molecule has 18 heavy (non-hydrogen) atoms. The van der Waals surface area contributed by atoms with Crippen molar-refractivity contribution in [1.82, 2.24) is 4.98 Å². The number of hydrogen-bond acceptors (Lipinski definition) is 1. The molecule has 1 heterocycles. The second-order valence-electron chi connectivity index (χ2n) is 4.01. The van der Waals surface area contributed by atoms with Crippen molar-refractivity contribution in [3.63, 3.8) is 0 Å². The highest BCUT2D eigenvalue weighted by Crippen LogP contribution is 2.33. The lowest BCUT2D eigenvalue weighted by molar-refractivity contribution is 1.39. The molecule has 0 atom stereocenters. The van der Waals surface area contributed by atoms with Gasteiger partial charge in [0.15, 0.2) is 0 Å². The Kier molecular flexibility index (Phi) is 3.22. The molecular formula is C15H9ClIN. The van der Waals surface area contributed by atoms with Crippen molar-refractivity contribution in [3.8, 4) is 11.1 Å². The summed E-state index contributed by atoms with van der Waals surface area (Å²) >= 11 is 8.42. The molecule has 0 spiro atoms. The van der Waals surface area contributed by atoms with Crippen LogP contribution in [-0.2, 0) is 0 Å². The predicted octanol–water partition coefficient (Wildman–Crippen LogP) is 5.16. The third kappa shape index (κ3) is 2.10. The fraction of sp³-hybridized carbons (Fsp3) is 0. The van der Waals surface area contributed by atoms with E-state index >= 15 is 0 Å². The maximum Gasteiger partial charge on any atom is 0.0710 e. The van der Waals surface area contributed by atoms with Gasteiger partial charge in [0.25, 0.3) is 0 Å². The van der Waals surface area contributed by atoms with Gasteiger partial charge >= 0.3 is 0 Å². The minimum Gasteiger partial charge on any atom is -0.255 e. The fourth-order valence-corrected chi connectivity index (χ4v) is 2.95. The second-order valence-corrected chi connectivity index (χ2v) is 5.61. The molecule has 0 amide bonds. The molecule has 0 bridgehead atoms. The average Bonchev–Trinajstić information content (AvgIpc) is 2.39. The number of rotatable bonds is 1. The lowest BCUT2D eigenvalue weighted by atomic mass is 10.0. The van der Waals surface area contributed by atoms with Gasteiger partial charge in [-0.25, -0.2) is 0 Å². The van der Waals surface area contributed by atoms with Crippen molar-refractivity contribution in [2.75, 3.05) is 0 Å². The van der Waals surface area contributed by atoms with E-state index in [1.54, 1.807) is 0 Å². The molecule has 0 fully saturated rings. The quantitative estimate of drug-likeness (QED) is 0.543. The SMILES string of the molecule is Clc1ccc2ncc(I)c(-c3ccccc3)c2c1. The summed E-state index contributed by atoms with van der Waals surface area (Å²) in [6, 6.07) is 16.1. The molecule has 0 saturated carbocycles. The predicted molar refractivity (Wildman–Crippen MR) is 84.9 cm³/mol. The number of fused-ring (bicyclic) bond motifs is 1. The molecule has 0 unspecified atom stereocenters. The summed E-state index contributed by atoms with van der Waals surface area (Å²) in [5, 5.41) is 1.84. The van der Waals surface area contributed by atoms with Crippen LogP contribution in [0, 0.1) is 3.57 Å². The molecule has 0 aliphatic rings. The van der Waals surface area contributed by atoms with E-state index in [1.165, 1.54) is 11.1 Å². The number of halogens is 2. The van der Waals surface area contributed by atoms with Crippen molar-refractivity contribution in [3.05, 3.63) is 63.3 Å². The van der Waals surface area contributed by atoms with Gasteiger partial charge in [0, 0.05) is 25.7 Å². The summed E-state index contributed by atoms with van der Waals surface area (Å²) in [7, 11) is 0. The molecule has 2 aromatic carbocycles. The Morgan fingerprint density at radius 1 is 1.00 bits per heavy atom. The topological polar surface area (TPSA) is 12.9 Å². The smallest absolute Gasteiger partial charge is 0.0710 e. The second kappa shape index (κ2) is 4.86. The van der Waals surface area contributed by atoms with Crippen LogP contribution in [0.25, 0.3) is 22.0 Å². The van der Waals surface area contributed by atoms with E-state index in [9.17, 15) is 0 Å². The van der Waals surface area contributed by atoms with E-state index in [1.807, 2.05) is 42.6 Å². The molecule has 0 aliphatic carbocycles. The zero-order valence-corrected chi connectivity index (χ0v) is 12.3. The number of benzene rings is 2. The van der Waals surface area contributed by atoms with E-state index in [-0.39, 0.29) is 0 Å². The van der Waals surface area contributed by atoms with E-state index < -0.39 is 0 Å². The van der Waals surface area contributed by atoms with Crippen LogP contribution in [0.4, 0.5) is 0 Å². The highest BCUT2D eigenvalue weighted by molar-refractivity contribution is 14.1. The van der Waals surface area contributed by atoms with E-state index in [4.69, 9.17) is 11.6 Å². The molecule has 3 aromatic rings. The van der Waals surface area contributed by atoms with Crippen molar-refractivity contribution in [1.29, 1.82) is 0 Å². The van der Waals surface area contributed by atoms with Gasteiger partial charge in [-0.05, 0) is 46.4 Å². The first-order valence-corrected chi connectivity index (χ1v) is 7.00. The van der Waals surface area contributed by atoms with Gasteiger partial charge in [-0.15, -0.1) is 0 Å². The van der Waals surface area contributed by atoms with Crippen LogP contribution in [-0.4, -0.2) is 4.98 Å². The lowest BCUT2D eigenvalue weighted by Crippen LogP contribution is -1.88. The first kappa shape index (κ1) is 11.9. The lowest BCUT2D eigenvalue weighted by Gasteiger charge is -2.09. The molecule has 3 heteroatoms. The Balaban J connectivity index is 2.40. The normalized spacial score (nSPS) is 10.8. The number of nitrogens with zero attached hydrogens (tertiary/aromatic N) is 1. The largest absolute Gasteiger partial charge is 0.255 e. The van der Waals surface area contributed by atoms with Gasteiger partial charge in [0.05, 0.1) is 5.52 Å². The van der Waals surface area contributed by atoms with Gasteiger partial charge in [-0.1, -0.05) is 41.9 Å². The molecule has 0 aliphatic heterocycles. The monoisotopic (exact) mass is 365 g/mol. The highest BCUT2D eigenvalue weighted by atomic mass is 127. The van der Waals surface area contributed by atoms with E-state index in [0.29, 0.717) is 0 Å². The molecule has 88 valence electrons. The summed E-state index contributed by atoms with van der Waals surface area (Å²) in [6.45, 7) is 0. The van der Waals surface area contributed by atoms with Crippen LogP contribution in [0.2, 0.25) is 5.02 Å². The third-order valence-electron chi connectivity index (χ3n) is 2.85. The van der Waals surface area contributed by atoms with Crippen LogP contribution in [0.3, 0.4) is 0 Å². The molecule has 3 rings (SSSR count). The third-order valence-corrected chi connectivity index (χ3v) is 3.90. The molecule has 0 N–H and O–H groups in total. The maximum atomic E-state index is 6.10. The Bertz CT molecular complexity index is 705. The first-order valence-electron chi connectivity index (χ1n) is 5.55. The van der Waals surface area contributed by atoms with E-state index in [0.717, 1.165) is 19.5 Å². The number of aromatic nitrogens is 1. The minimum atomic E-state index is 0.739. The van der Waals surface area contributed by atoms with Gasteiger partial charge in [0.2, 0.25) is 0 Å². The van der Waals surface area contributed by atoms with Crippen molar-refractivity contribution < 1.29 is 0 Å². The van der Waals surface area contributed by atoms with Gasteiger partial charge < -0.3 is 0 Å². The molecule has 0 saturated heterocycles. The van der Waals surface area contributed by atoms with Crippen LogP contribution in [0.15, 0.2) is 54.7 Å². The van der Waals surface area contributed by atoms with E-state index in [2.05, 4.69) is 39.7 Å².